The average molecular weight is 275 g/mol. The van der Waals surface area contributed by atoms with Crippen LogP contribution in [-0.2, 0) is 18.3 Å². The molecule has 0 bridgehead atoms. The summed E-state index contributed by atoms with van der Waals surface area (Å²) in [5, 5.41) is 7.04. The molecule has 0 aliphatic carbocycles. The number of rotatable bonds is 6. The zero-order valence-corrected chi connectivity index (χ0v) is 12.2. The molecule has 20 heavy (non-hydrogen) atoms. The second-order valence-electron chi connectivity index (χ2n) is 5.06. The van der Waals surface area contributed by atoms with Crippen molar-refractivity contribution in [2.75, 3.05) is 6.54 Å². The van der Waals surface area contributed by atoms with Gasteiger partial charge in [-0.25, -0.2) is 4.98 Å². The van der Waals surface area contributed by atoms with Gasteiger partial charge in [0.05, 0.1) is 6.20 Å². The van der Waals surface area contributed by atoms with Crippen LogP contribution in [0.2, 0.25) is 0 Å². The van der Waals surface area contributed by atoms with Crippen molar-refractivity contribution in [3.05, 3.63) is 36.2 Å². The first-order chi connectivity index (χ1) is 9.56. The number of nitrogens with zero attached hydrogens (tertiary/aromatic N) is 4. The van der Waals surface area contributed by atoms with Crippen LogP contribution in [0.25, 0.3) is 0 Å². The highest BCUT2D eigenvalue weighted by Crippen LogP contribution is 2.12. The molecule has 1 N–H and O–H groups in total. The van der Waals surface area contributed by atoms with Crippen LogP contribution >= 0.6 is 0 Å². The van der Waals surface area contributed by atoms with Crippen LogP contribution in [0.4, 0.5) is 0 Å². The van der Waals surface area contributed by atoms with Gasteiger partial charge in [0, 0.05) is 44.6 Å². The number of carbonyl (C=O) groups excluding carboxylic acids is 1. The molecular weight excluding hydrogens is 254 g/mol. The zero-order chi connectivity index (χ0) is 14.5. The molecule has 6 heteroatoms. The molecule has 0 saturated heterocycles. The Morgan fingerprint density at radius 1 is 1.50 bits per heavy atom. The van der Waals surface area contributed by atoms with E-state index in [1.807, 2.05) is 44.1 Å². The standard InChI is InChI=1S/C14H21N5O/c1-11(19-7-6-15-12(19)2)8-14(20)16-5-4-13-9-17-18(3)10-13/h6-7,9-11H,4-5,8H2,1-3H3,(H,16,20)/t11-/m0/s1. The fourth-order valence-electron chi connectivity index (χ4n) is 2.24. The minimum Gasteiger partial charge on any atom is -0.356 e. The van der Waals surface area contributed by atoms with Crippen LogP contribution in [0.5, 0.6) is 0 Å². The highest BCUT2D eigenvalue weighted by atomic mass is 16.1. The van der Waals surface area contributed by atoms with E-state index in [2.05, 4.69) is 15.4 Å². The average Bonchev–Trinajstić information content (AvgIpc) is 2.98. The lowest BCUT2D eigenvalue weighted by Crippen LogP contribution is -2.27. The van der Waals surface area contributed by atoms with Gasteiger partial charge in [-0.1, -0.05) is 0 Å². The van der Waals surface area contributed by atoms with Gasteiger partial charge in [0.2, 0.25) is 5.91 Å². The van der Waals surface area contributed by atoms with Gasteiger partial charge in [-0.05, 0) is 25.8 Å². The summed E-state index contributed by atoms with van der Waals surface area (Å²) in [6.45, 7) is 4.60. The van der Waals surface area contributed by atoms with Crippen molar-refractivity contribution < 1.29 is 4.79 Å². The number of amides is 1. The first kappa shape index (κ1) is 14.3. The molecule has 0 fully saturated rings. The molecule has 0 spiro atoms. The Morgan fingerprint density at radius 2 is 2.30 bits per heavy atom. The summed E-state index contributed by atoms with van der Waals surface area (Å²) in [6, 6.07) is 0.121. The molecule has 0 saturated carbocycles. The molecule has 2 aromatic rings. The predicted octanol–water partition coefficient (Wildman–Crippen LogP) is 1.24. The number of imidazole rings is 1. The molecule has 1 amide bonds. The molecule has 0 radical (unpaired) electrons. The fraction of sp³-hybridized carbons (Fsp3) is 0.500. The van der Waals surface area contributed by atoms with Gasteiger partial charge < -0.3 is 9.88 Å². The Balaban J connectivity index is 1.74. The molecule has 0 unspecified atom stereocenters. The van der Waals surface area contributed by atoms with Crippen molar-refractivity contribution in [2.24, 2.45) is 7.05 Å². The molecular formula is C14H21N5O. The van der Waals surface area contributed by atoms with Crippen molar-refractivity contribution in [1.29, 1.82) is 0 Å². The van der Waals surface area contributed by atoms with Crippen molar-refractivity contribution in [1.82, 2.24) is 24.6 Å². The quantitative estimate of drug-likeness (QED) is 0.862. The van der Waals surface area contributed by atoms with Gasteiger partial charge in [-0.15, -0.1) is 0 Å². The van der Waals surface area contributed by atoms with Crippen LogP contribution in [-0.4, -0.2) is 31.8 Å². The Morgan fingerprint density at radius 3 is 2.90 bits per heavy atom. The van der Waals surface area contributed by atoms with Crippen LogP contribution in [0, 0.1) is 6.92 Å². The van der Waals surface area contributed by atoms with Gasteiger partial charge in [-0.3, -0.25) is 9.48 Å². The smallest absolute Gasteiger partial charge is 0.222 e. The molecule has 0 aliphatic rings. The third-order valence-corrected chi connectivity index (χ3v) is 3.31. The lowest BCUT2D eigenvalue weighted by molar-refractivity contribution is -0.121. The highest BCUT2D eigenvalue weighted by Gasteiger charge is 2.11. The molecule has 2 heterocycles. The van der Waals surface area contributed by atoms with E-state index in [9.17, 15) is 4.79 Å². The Kier molecular flexibility index (Phi) is 4.55. The van der Waals surface area contributed by atoms with Crippen molar-refractivity contribution in [3.8, 4) is 0 Å². The minimum absolute atomic E-state index is 0.0643. The van der Waals surface area contributed by atoms with Gasteiger partial charge >= 0.3 is 0 Å². The second kappa shape index (κ2) is 6.36. The maximum atomic E-state index is 11.9. The number of carbonyl (C=O) groups is 1. The lowest BCUT2D eigenvalue weighted by Gasteiger charge is -2.14. The van der Waals surface area contributed by atoms with Crippen molar-refractivity contribution >= 4 is 5.91 Å². The first-order valence-electron chi connectivity index (χ1n) is 6.80. The van der Waals surface area contributed by atoms with Crippen LogP contribution in [0.15, 0.2) is 24.8 Å². The van der Waals surface area contributed by atoms with Crippen molar-refractivity contribution in [2.45, 2.75) is 32.7 Å². The summed E-state index contributed by atoms with van der Waals surface area (Å²) in [6.07, 6.45) is 8.71. The number of aryl methyl sites for hydroxylation is 2. The van der Waals surface area contributed by atoms with E-state index in [0.717, 1.165) is 17.8 Å². The van der Waals surface area contributed by atoms with Crippen molar-refractivity contribution in [3.63, 3.8) is 0 Å². The van der Waals surface area contributed by atoms with E-state index in [-0.39, 0.29) is 11.9 Å². The summed E-state index contributed by atoms with van der Waals surface area (Å²) in [4.78, 5) is 16.1. The molecule has 0 aromatic carbocycles. The van der Waals surface area contributed by atoms with E-state index in [1.165, 1.54) is 0 Å². The number of aromatic nitrogens is 4. The summed E-state index contributed by atoms with van der Waals surface area (Å²) < 4.78 is 3.78. The predicted molar refractivity (Wildman–Crippen MR) is 76.2 cm³/mol. The van der Waals surface area contributed by atoms with E-state index in [0.29, 0.717) is 13.0 Å². The summed E-state index contributed by atoms with van der Waals surface area (Å²) in [7, 11) is 1.89. The highest BCUT2D eigenvalue weighted by molar-refractivity contribution is 5.76. The number of hydrogen-bond donors (Lipinski definition) is 1. The lowest BCUT2D eigenvalue weighted by atomic mass is 10.2. The third kappa shape index (κ3) is 3.69. The molecule has 2 aromatic heterocycles. The van der Waals surface area contributed by atoms with E-state index < -0.39 is 0 Å². The Bertz CT molecular complexity index is 572. The third-order valence-electron chi connectivity index (χ3n) is 3.31. The normalized spacial score (nSPS) is 12.3. The SMILES string of the molecule is Cc1nccn1[C@@H](C)CC(=O)NCCc1cnn(C)c1. The summed E-state index contributed by atoms with van der Waals surface area (Å²) in [5.74, 6) is 0.996. The van der Waals surface area contributed by atoms with Gasteiger partial charge in [0.1, 0.15) is 5.82 Å². The Labute approximate surface area is 118 Å². The molecule has 1 atom stereocenters. The maximum absolute atomic E-state index is 11.9. The van der Waals surface area contributed by atoms with E-state index in [4.69, 9.17) is 0 Å². The molecule has 2 rings (SSSR count). The number of nitrogens with one attached hydrogen (secondary N) is 1. The summed E-state index contributed by atoms with van der Waals surface area (Å²) in [5.41, 5.74) is 1.13. The molecule has 108 valence electrons. The second-order valence-corrected chi connectivity index (χ2v) is 5.06. The van der Waals surface area contributed by atoms with Crippen LogP contribution < -0.4 is 5.32 Å². The van der Waals surface area contributed by atoms with E-state index in [1.54, 1.807) is 10.9 Å². The monoisotopic (exact) mass is 275 g/mol. The summed E-state index contributed by atoms with van der Waals surface area (Å²) >= 11 is 0. The van der Waals surface area contributed by atoms with Crippen LogP contribution in [0.1, 0.15) is 30.8 Å². The Hall–Kier alpha value is -2.11. The molecule has 6 nitrogen and oxygen atoms in total. The van der Waals surface area contributed by atoms with Gasteiger partial charge in [0.25, 0.3) is 0 Å². The van der Waals surface area contributed by atoms with Gasteiger partial charge in [-0.2, -0.15) is 5.10 Å². The largest absolute Gasteiger partial charge is 0.356 e. The van der Waals surface area contributed by atoms with Gasteiger partial charge in [0.15, 0.2) is 0 Å². The van der Waals surface area contributed by atoms with Crippen LogP contribution in [0.3, 0.4) is 0 Å². The zero-order valence-electron chi connectivity index (χ0n) is 12.2. The minimum atomic E-state index is 0.0643. The molecule has 0 aliphatic heterocycles. The van der Waals surface area contributed by atoms with E-state index >= 15 is 0 Å². The fourth-order valence-corrected chi connectivity index (χ4v) is 2.24. The first-order valence-corrected chi connectivity index (χ1v) is 6.80. The topological polar surface area (TPSA) is 64.7 Å². The maximum Gasteiger partial charge on any atom is 0.222 e. The number of hydrogen-bond acceptors (Lipinski definition) is 3.